The van der Waals surface area contributed by atoms with Crippen LogP contribution in [0.3, 0.4) is 0 Å². The molecule has 0 saturated carbocycles. The van der Waals surface area contributed by atoms with Crippen LogP contribution in [0.1, 0.15) is 24.5 Å². The number of para-hydroxylation sites is 1. The van der Waals surface area contributed by atoms with Crippen molar-refractivity contribution in [2.75, 3.05) is 23.9 Å². The largest absolute Gasteiger partial charge is 0.617 e. The van der Waals surface area contributed by atoms with Crippen molar-refractivity contribution < 1.29 is 18.1 Å². The normalized spacial score (nSPS) is 12.0. The van der Waals surface area contributed by atoms with Crippen LogP contribution in [0.25, 0.3) is 22.4 Å². The summed E-state index contributed by atoms with van der Waals surface area (Å²) in [5.41, 5.74) is 2.73. The number of aromatic nitrogens is 5. The lowest BCUT2D eigenvalue weighted by molar-refractivity contribution is 0.335. The van der Waals surface area contributed by atoms with E-state index in [9.17, 15) is 13.3 Å². The molecule has 0 fully saturated rings. The molecule has 1 atom stereocenters. The first-order valence-corrected chi connectivity index (χ1v) is 14.5. The topological polar surface area (TPSA) is 101 Å². The van der Waals surface area contributed by atoms with E-state index in [1.165, 1.54) is 12.1 Å². The Morgan fingerprint density at radius 2 is 1.82 bits per heavy atom. The van der Waals surface area contributed by atoms with Crippen molar-refractivity contribution in [2.24, 2.45) is 0 Å². The molecule has 0 unspecified atom stereocenters. The fraction of sp³-hybridized carbons (Fsp3) is 0.241. The molecule has 40 heavy (non-hydrogen) atoms. The summed E-state index contributed by atoms with van der Waals surface area (Å²) in [4.78, 5) is 13.5. The first-order chi connectivity index (χ1) is 19.4. The number of aryl methyl sites for hydroxylation is 1. The number of nitrogens with zero attached hydrogens (tertiary/aromatic N) is 5. The molecular formula is C29H28F2N6O2S. The van der Waals surface area contributed by atoms with Crippen molar-refractivity contribution in [2.45, 2.75) is 26.3 Å². The molecule has 8 nitrogen and oxygen atoms in total. The molecule has 0 aliphatic heterocycles. The molecule has 11 heteroatoms. The standard InChI is InChI=1S/C29H28F2N6O2S/c1-3-39-21-15-24(30)23(25(31)16-21)18-37-26-9-5-4-8-22(26)27(36-37)29-33-17-19(7-6-14-40(2)38)28(35-29)34-20-10-12-32-13-11-20/h4-5,8-13,15-17H,3,6-7,14,18H2,1-2H3,(H,32,33,34,35)/t40-/m1/s1. The van der Waals surface area contributed by atoms with Crippen molar-refractivity contribution in [1.29, 1.82) is 0 Å². The fourth-order valence-corrected chi connectivity index (χ4v) is 4.94. The molecule has 0 aliphatic carbocycles. The summed E-state index contributed by atoms with van der Waals surface area (Å²) in [7, 11) is 0. The number of halogens is 2. The molecule has 0 spiro atoms. The Labute approximate surface area is 233 Å². The quantitative estimate of drug-likeness (QED) is 0.207. The second-order valence-corrected chi connectivity index (χ2v) is 10.7. The maximum absolute atomic E-state index is 14.9. The van der Waals surface area contributed by atoms with E-state index in [1.807, 2.05) is 36.4 Å². The number of anilines is 2. The van der Waals surface area contributed by atoms with Crippen molar-refractivity contribution in [1.82, 2.24) is 24.7 Å². The smallest absolute Gasteiger partial charge is 0.182 e. The number of nitrogens with one attached hydrogen (secondary N) is 1. The van der Waals surface area contributed by atoms with Gasteiger partial charge in [0, 0.05) is 52.9 Å². The highest BCUT2D eigenvalue weighted by Crippen LogP contribution is 2.30. The molecule has 1 N–H and O–H groups in total. The minimum atomic E-state index is -0.897. The maximum atomic E-state index is 14.9. The van der Waals surface area contributed by atoms with Crippen LogP contribution in [0.5, 0.6) is 5.75 Å². The molecule has 0 amide bonds. The predicted molar refractivity (Wildman–Crippen MR) is 152 cm³/mol. The van der Waals surface area contributed by atoms with Crippen LogP contribution in [0.15, 0.2) is 67.1 Å². The zero-order chi connectivity index (χ0) is 28.1. The summed E-state index contributed by atoms with van der Waals surface area (Å²) in [5.74, 6) is 0.260. The third kappa shape index (κ3) is 6.21. The highest BCUT2D eigenvalue weighted by atomic mass is 32.2. The summed E-state index contributed by atoms with van der Waals surface area (Å²) in [6.07, 6.45) is 8.13. The van der Waals surface area contributed by atoms with Gasteiger partial charge in [0.15, 0.2) is 5.82 Å². The zero-order valence-electron chi connectivity index (χ0n) is 22.1. The number of ether oxygens (including phenoxy) is 1. The summed E-state index contributed by atoms with van der Waals surface area (Å²) in [6, 6.07) is 13.4. The molecule has 0 saturated heterocycles. The van der Waals surface area contributed by atoms with Crippen molar-refractivity contribution in [3.05, 3.63) is 89.9 Å². The summed E-state index contributed by atoms with van der Waals surface area (Å²) >= 11 is -0.897. The average molecular weight is 563 g/mol. The summed E-state index contributed by atoms with van der Waals surface area (Å²) < 4.78 is 48.2. The van der Waals surface area contributed by atoms with Gasteiger partial charge in [0.1, 0.15) is 34.6 Å². The second kappa shape index (κ2) is 12.4. The van der Waals surface area contributed by atoms with Crippen LogP contribution in [0.4, 0.5) is 20.3 Å². The second-order valence-electron chi connectivity index (χ2n) is 9.13. The first kappa shape index (κ1) is 27.5. The molecule has 0 radical (unpaired) electrons. The Kier molecular flexibility index (Phi) is 8.51. The number of benzene rings is 2. The minimum Gasteiger partial charge on any atom is -0.617 e. The first-order valence-electron chi connectivity index (χ1n) is 12.8. The van der Waals surface area contributed by atoms with E-state index < -0.39 is 22.8 Å². The third-order valence-electron chi connectivity index (χ3n) is 6.29. The minimum absolute atomic E-state index is 0.118. The lowest BCUT2D eigenvalue weighted by Crippen LogP contribution is -2.08. The van der Waals surface area contributed by atoms with Crippen LogP contribution in [-0.2, 0) is 24.1 Å². The molecule has 0 aliphatic rings. The van der Waals surface area contributed by atoms with Crippen molar-refractivity contribution >= 4 is 33.6 Å². The van der Waals surface area contributed by atoms with Crippen molar-refractivity contribution in [3.8, 4) is 17.3 Å². The number of hydrogen-bond donors (Lipinski definition) is 1. The maximum Gasteiger partial charge on any atom is 0.182 e. The number of hydrogen-bond acceptors (Lipinski definition) is 7. The molecular weight excluding hydrogens is 534 g/mol. The van der Waals surface area contributed by atoms with Crippen molar-refractivity contribution in [3.63, 3.8) is 0 Å². The fourth-order valence-electron chi connectivity index (χ4n) is 4.39. The van der Waals surface area contributed by atoms with E-state index in [0.29, 0.717) is 48.1 Å². The van der Waals surface area contributed by atoms with E-state index in [4.69, 9.17) is 14.8 Å². The lowest BCUT2D eigenvalue weighted by Gasteiger charge is -2.12. The Balaban J connectivity index is 1.53. The predicted octanol–water partition coefficient (Wildman–Crippen LogP) is 5.67. The lowest BCUT2D eigenvalue weighted by atomic mass is 10.1. The third-order valence-corrected chi connectivity index (χ3v) is 7.15. The van der Waals surface area contributed by atoms with Gasteiger partial charge in [0.25, 0.3) is 0 Å². The molecule has 3 aromatic heterocycles. The molecule has 5 aromatic rings. The molecule has 5 rings (SSSR count). The average Bonchev–Trinajstić information content (AvgIpc) is 3.30. The van der Waals surface area contributed by atoms with Gasteiger partial charge in [0.05, 0.1) is 24.9 Å². The van der Waals surface area contributed by atoms with Crippen LogP contribution >= 0.6 is 0 Å². The van der Waals surface area contributed by atoms with Gasteiger partial charge in [-0.25, -0.2) is 18.7 Å². The van der Waals surface area contributed by atoms with E-state index in [0.717, 1.165) is 16.6 Å². The SMILES string of the molecule is CCOc1cc(F)c(Cn2nc(-c3ncc(CCC[S@@+](C)[O-])c(Nc4ccncc4)n3)c3ccccc32)c(F)c1. The van der Waals surface area contributed by atoms with E-state index in [1.54, 1.807) is 36.5 Å². The highest BCUT2D eigenvalue weighted by Gasteiger charge is 2.20. The van der Waals surface area contributed by atoms with Gasteiger partial charge >= 0.3 is 0 Å². The Morgan fingerprint density at radius 3 is 2.55 bits per heavy atom. The van der Waals surface area contributed by atoms with Crippen LogP contribution < -0.4 is 10.1 Å². The monoisotopic (exact) mass is 562 g/mol. The van der Waals surface area contributed by atoms with Gasteiger partial charge in [-0.1, -0.05) is 29.4 Å². The highest BCUT2D eigenvalue weighted by molar-refractivity contribution is 7.90. The van der Waals surface area contributed by atoms with Gasteiger partial charge < -0.3 is 14.6 Å². The Hall–Kier alpha value is -4.09. The summed E-state index contributed by atoms with van der Waals surface area (Å²) in [5, 5.41) is 8.79. The van der Waals surface area contributed by atoms with Crippen LogP contribution in [-0.4, -0.2) is 47.9 Å². The van der Waals surface area contributed by atoms with E-state index in [2.05, 4.69) is 15.3 Å². The Morgan fingerprint density at radius 1 is 1.07 bits per heavy atom. The number of rotatable bonds is 11. The number of pyridine rings is 1. The van der Waals surface area contributed by atoms with Gasteiger partial charge in [-0.2, -0.15) is 5.10 Å². The summed E-state index contributed by atoms with van der Waals surface area (Å²) in [6.45, 7) is 1.93. The molecule has 2 aromatic carbocycles. The molecule has 0 bridgehead atoms. The van der Waals surface area contributed by atoms with Crippen LogP contribution in [0, 0.1) is 11.6 Å². The van der Waals surface area contributed by atoms with Gasteiger partial charge in [-0.3, -0.25) is 9.67 Å². The number of fused-ring (bicyclic) bond motifs is 1. The van der Waals surface area contributed by atoms with Gasteiger partial charge in [-0.15, -0.1) is 0 Å². The van der Waals surface area contributed by atoms with E-state index >= 15 is 0 Å². The van der Waals surface area contributed by atoms with Crippen LogP contribution in [0.2, 0.25) is 0 Å². The van der Waals surface area contributed by atoms with Gasteiger partial charge in [0.2, 0.25) is 0 Å². The molecule has 206 valence electrons. The zero-order valence-corrected chi connectivity index (χ0v) is 22.9. The molecule has 3 heterocycles. The van der Waals surface area contributed by atoms with Gasteiger partial charge in [-0.05, 0) is 38.0 Å². The Bertz CT molecular complexity index is 1590. The van der Waals surface area contributed by atoms with E-state index in [-0.39, 0.29) is 17.9 Å².